The first kappa shape index (κ1) is 9.59. The molecule has 0 unspecified atom stereocenters. The van der Waals surface area contributed by atoms with E-state index in [1.165, 1.54) is 17.7 Å². The van der Waals surface area contributed by atoms with Gasteiger partial charge in [-0.2, -0.15) is 0 Å². The number of hydrogen-bond donors (Lipinski definition) is 1. The lowest BCUT2D eigenvalue weighted by molar-refractivity contribution is 0.979. The van der Waals surface area contributed by atoms with E-state index in [2.05, 4.69) is 52.4 Å². The Kier molecular flexibility index (Phi) is 4.15. The molecule has 0 aliphatic rings. The number of alkyl halides is 1. The Balaban J connectivity index is 2.53. The summed E-state index contributed by atoms with van der Waals surface area (Å²) in [5, 5.41) is 4.26. The zero-order valence-corrected chi connectivity index (χ0v) is 8.89. The first-order valence-corrected chi connectivity index (χ1v) is 5.37. The van der Waals surface area contributed by atoms with Gasteiger partial charge in [0.15, 0.2) is 0 Å². The standard InChI is InChI=1S/C10H14BrN/c1-2-7-12-10-5-3-9(8-11)4-6-10/h3-6,12H,2,7-8H2,1H3. The van der Waals surface area contributed by atoms with Crippen LogP contribution in [0.5, 0.6) is 0 Å². The van der Waals surface area contributed by atoms with Crippen LogP contribution in [0.1, 0.15) is 18.9 Å². The summed E-state index contributed by atoms with van der Waals surface area (Å²) in [6, 6.07) is 8.50. The van der Waals surface area contributed by atoms with Crippen LogP contribution in [-0.4, -0.2) is 6.54 Å². The summed E-state index contributed by atoms with van der Waals surface area (Å²) >= 11 is 3.41. The van der Waals surface area contributed by atoms with E-state index >= 15 is 0 Å². The molecule has 1 rings (SSSR count). The SMILES string of the molecule is CCCNc1ccc(CBr)cc1. The van der Waals surface area contributed by atoms with Crippen molar-refractivity contribution < 1.29 is 0 Å². The topological polar surface area (TPSA) is 12.0 Å². The van der Waals surface area contributed by atoms with Crippen LogP contribution in [0, 0.1) is 0 Å². The third-order valence-electron chi connectivity index (χ3n) is 1.69. The van der Waals surface area contributed by atoms with E-state index in [9.17, 15) is 0 Å². The van der Waals surface area contributed by atoms with Crippen molar-refractivity contribution in [1.29, 1.82) is 0 Å². The maximum atomic E-state index is 3.41. The maximum Gasteiger partial charge on any atom is 0.0340 e. The Morgan fingerprint density at radius 2 is 1.92 bits per heavy atom. The predicted octanol–water partition coefficient (Wildman–Crippen LogP) is 3.40. The predicted molar refractivity (Wildman–Crippen MR) is 57.9 cm³/mol. The molecule has 0 saturated heterocycles. The lowest BCUT2D eigenvalue weighted by atomic mass is 10.2. The van der Waals surface area contributed by atoms with Gasteiger partial charge in [-0.25, -0.2) is 0 Å². The molecule has 0 aliphatic heterocycles. The first-order valence-electron chi connectivity index (χ1n) is 4.25. The molecule has 1 aromatic carbocycles. The number of anilines is 1. The molecule has 0 radical (unpaired) electrons. The van der Waals surface area contributed by atoms with E-state index in [1.807, 2.05) is 0 Å². The van der Waals surface area contributed by atoms with E-state index < -0.39 is 0 Å². The number of benzene rings is 1. The van der Waals surface area contributed by atoms with Gasteiger partial charge in [-0.05, 0) is 24.1 Å². The Bertz CT molecular complexity index is 218. The second-order valence-corrected chi connectivity index (χ2v) is 3.32. The summed E-state index contributed by atoms with van der Waals surface area (Å²) in [5.41, 5.74) is 2.53. The molecule has 12 heavy (non-hydrogen) atoms. The van der Waals surface area contributed by atoms with Gasteiger partial charge < -0.3 is 5.32 Å². The van der Waals surface area contributed by atoms with Crippen LogP contribution >= 0.6 is 15.9 Å². The van der Waals surface area contributed by atoms with E-state index in [-0.39, 0.29) is 0 Å². The van der Waals surface area contributed by atoms with Crippen LogP contribution in [0.2, 0.25) is 0 Å². The summed E-state index contributed by atoms with van der Waals surface area (Å²) < 4.78 is 0. The van der Waals surface area contributed by atoms with Crippen LogP contribution in [0.3, 0.4) is 0 Å². The fourth-order valence-corrected chi connectivity index (χ4v) is 1.35. The van der Waals surface area contributed by atoms with E-state index in [0.29, 0.717) is 0 Å². The first-order chi connectivity index (χ1) is 5.86. The third-order valence-corrected chi connectivity index (χ3v) is 2.33. The molecule has 0 bridgehead atoms. The number of rotatable bonds is 4. The minimum Gasteiger partial charge on any atom is -0.385 e. The smallest absolute Gasteiger partial charge is 0.0340 e. The third kappa shape index (κ3) is 2.86. The van der Waals surface area contributed by atoms with Crippen molar-refractivity contribution >= 4 is 21.6 Å². The fourth-order valence-electron chi connectivity index (χ4n) is 0.981. The molecule has 0 amide bonds. The van der Waals surface area contributed by atoms with Crippen molar-refractivity contribution in [3.8, 4) is 0 Å². The van der Waals surface area contributed by atoms with Crippen LogP contribution in [-0.2, 0) is 5.33 Å². The highest BCUT2D eigenvalue weighted by atomic mass is 79.9. The molecule has 0 fully saturated rings. The molecular weight excluding hydrogens is 214 g/mol. The number of halogens is 1. The zero-order chi connectivity index (χ0) is 8.81. The quantitative estimate of drug-likeness (QED) is 0.778. The van der Waals surface area contributed by atoms with Gasteiger partial charge in [-0.3, -0.25) is 0 Å². The average molecular weight is 228 g/mol. The van der Waals surface area contributed by atoms with Gasteiger partial charge >= 0.3 is 0 Å². The molecule has 0 aliphatic carbocycles. The molecule has 66 valence electrons. The largest absolute Gasteiger partial charge is 0.385 e. The summed E-state index contributed by atoms with van der Waals surface area (Å²) in [5.74, 6) is 0. The lowest BCUT2D eigenvalue weighted by Crippen LogP contribution is -1.98. The summed E-state index contributed by atoms with van der Waals surface area (Å²) in [4.78, 5) is 0. The Hall–Kier alpha value is -0.500. The highest BCUT2D eigenvalue weighted by molar-refractivity contribution is 9.08. The Labute approximate surface area is 82.3 Å². The van der Waals surface area contributed by atoms with Crippen LogP contribution in [0.25, 0.3) is 0 Å². The Morgan fingerprint density at radius 3 is 2.42 bits per heavy atom. The second-order valence-electron chi connectivity index (χ2n) is 2.76. The van der Waals surface area contributed by atoms with E-state index in [1.54, 1.807) is 0 Å². The van der Waals surface area contributed by atoms with E-state index in [4.69, 9.17) is 0 Å². The highest BCUT2D eigenvalue weighted by Gasteiger charge is 1.90. The summed E-state index contributed by atoms with van der Waals surface area (Å²) in [6.45, 7) is 3.22. The van der Waals surface area contributed by atoms with Crippen molar-refractivity contribution in [1.82, 2.24) is 0 Å². The normalized spacial score (nSPS) is 9.83. The Morgan fingerprint density at radius 1 is 1.25 bits per heavy atom. The van der Waals surface area contributed by atoms with Gasteiger partial charge in [0, 0.05) is 17.6 Å². The average Bonchev–Trinajstić information content (AvgIpc) is 2.15. The van der Waals surface area contributed by atoms with Gasteiger partial charge in [0.1, 0.15) is 0 Å². The van der Waals surface area contributed by atoms with Crippen LogP contribution in [0.15, 0.2) is 24.3 Å². The lowest BCUT2D eigenvalue weighted by Gasteiger charge is -2.04. The molecule has 0 aromatic heterocycles. The molecule has 1 aromatic rings. The molecule has 0 heterocycles. The van der Waals surface area contributed by atoms with Crippen molar-refractivity contribution in [3.05, 3.63) is 29.8 Å². The number of nitrogens with one attached hydrogen (secondary N) is 1. The highest BCUT2D eigenvalue weighted by Crippen LogP contribution is 2.11. The van der Waals surface area contributed by atoms with Crippen molar-refractivity contribution in [3.63, 3.8) is 0 Å². The molecule has 0 atom stereocenters. The van der Waals surface area contributed by atoms with Crippen molar-refractivity contribution in [2.24, 2.45) is 0 Å². The van der Waals surface area contributed by atoms with Gasteiger partial charge in [0.05, 0.1) is 0 Å². The zero-order valence-electron chi connectivity index (χ0n) is 7.31. The van der Waals surface area contributed by atoms with Crippen molar-refractivity contribution in [2.45, 2.75) is 18.7 Å². The van der Waals surface area contributed by atoms with Gasteiger partial charge in [0.2, 0.25) is 0 Å². The van der Waals surface area contributed by atoms with Gasteiger partial charge in [-0.15, -0.1) is 0 Å². The molecule has 0 spiro atoms. The minimum atomic E-state index is 0.932. The molecule has 1 nitrogen and oxygen atoms in total. The minimum absolute atomic E-state index is 0.932. The van der Waals surface area contributed by atoms with Crippen molar-refractivity contribution in [2.75, 3.05) is 11.9 Å². The van der Waals surface area contributed by atoms with Crippen LogP contribution < -0.4 is 5.32 Å². The molecule has 0 saturated carbocycles. The summed E-state index contributed by atoms with van der Waals surface area (Å²) in [7, 11) is 0. The number of hydrogen-bond acceptors (Lipinski definition) is 1. The molecule has 2 heteroatoms. The molecule has 1 N–H and O–H groups in total. The maximum absolute atomic E-state index is 3.41. The van der Waals surface area contributed by atoms with Gasteiger partial charge in [-0.1, -0.05) is 35.0 Å². The molecular formula is C10H14BrN. The van der Waals surface area contributed by atoms with Gasteiger partial charge in [0.25, 0.3) is 0 Å². The second kappa shape index (κ2) is 5.20. The monoisotopic (exact) mass is 227 g/mol. The summed E-state index contributed by atoms with van der Waals surface area (Å²) in [6.07, 6.45) is 1.17. The van der Waals surface area contributed by atoms with E-state index in [0.717, 1.165) is 11.9 Å². The fraction of sp³-hybridized carbons (Fsp3) is 0.400. The van der Waals surface area contributed by atoms with Crippen LogP contribution in [0.4, 0.5) is 5.69 Å².